The molecule has 25 heavy (non-hydrogen) atoms. The Morgan fingerprint density at radius 3 is 2.60 bits per heavy atom. The van der Waals surface area contributed by atoms with E-state index in [-0.39, 0.29) is 0 Å². The van der Waals surface area contributed by atoms with E-state index in [1.165, 1.54) is 0 Å². The van der Waals surface area contributed by atoms with Crippen molar-refractivity contribution in [1.82, 2.24) is 15.0 Å². The van der Waals surface area contributed by atoms with E-state index in [1.54, 1.807) is 0 Å². The Labute approximate surface area is 149 Å². The van der Waals surface area contributed by atoms with Crippen LogP contribution in [0, 0.1) is 13.8 Å². The van der Waals surface area contributed by atoms with Gasteiger partial charge in [-0.05, 0) is 31.5 Å². The molecule has 1 aromatic heterocycles. The lowest BCUT2D eigenvalue weighted by Crippen LogP contribution is -2.48. The molecule has 1 fully saturated rings. The number of aryl methyl sites for hydroxylation is 2. The Bertz CT molecular complexity index is 665. The zero-order chi connectivity index (χ0) is 17.6. The smallest absolute Gasteiger partial charge is 0.150 e. The van der Waals surface area contributed by atoms with Crippen LogP contribution in [0.4, 0.5) is 0 Å². The second-order valence-electron chi connectivity index (χ2n) is 6.79. The molecule has 1 aliphatic rings. The van der Waals surface area contributed by atoms with Crippen LogP contribution in [0.3, 0.4) is 0 Å². The highest BCUT2D eigenvalue weighted by Gasteiger charge is 2.20. The predicted octanol–water partition coefficient (Wildman–Crippen LogP) is 1.85. The molecule has 1 saturated heterocycles. The largest absolute Gasteiger partial charge is 0.491 e. The number of aliphatic hydroxyl groups is 1. The highest BCUT2D eigenvalue weighted by molar-refractivity contribution is 5.27. The quantitative estimate of drug-likeness (QED) is 0.826. The molecule has 1 N–H and O–H groups in total. The summed E-state index contributed by atoms with van der Waals surface area (Å²) in [6.07, 6.45) is -0.482. The van der Waals surface area contributed by atoms with Gasteiger partial charge in [-0.25, -0.2) is 0 Å². The number of nitrogens with zero attached hydrogens (tertiary/aromatic N) is 3. The van der Waals surface area contributed by atoms with E-state index in [1.807, 2.05) is 44.2 Å². The molecule has 0 spiro atoms. The van der Waals surface area contributed by atoms with E-state index in [9.17, 15) is 5.11 Å². The molecular weight excluding hydrogens is 318 g/mol. The number of aromatic nitrogens is 1. The summed E-state index contributed by atoms with van der Waals surface area (Å²) in [6, 6.07) is 9.88. The van der Waals surface area contributed by atoms with Crippen LogP contribution in [-0.4, -0.2) is 65.5 Å². The summed E-state index contributed by atoms with van der Waals surface area (Å²) in [5, 5.41) is 14.2. The van der Waals surface area contributed by atoms with E-state index < -0.39 is 6.10 Å². The first-order valence-corrected chi connectivity index (χ1v) is 8.83. The van der Waals surface area contributed by atoms with Crippen molar-refractivity contribution in [2.45, 2.75) is 26.5 Å². The van der Waals surface area contributed by atoms with Gasteiger partial charge in [0.1, 0.15) is 18.5 Å². The van der Waals surface area contributed by atoms with Crippen molar-refractivity contribution in [1.29, 1.82) is 0 Å². The van der Waals surface area contributed by atoms with Gasteiger partial charge in [0.25, 0.3) is 0 Å². The van der Waals surface area contributed by atoms with Gasteiger partial charge in [0.15, 0.2) is 5.76 Å². The van der Waals surface area contributed by atoms with Crippen LogP contribution in [0.1, 0.15) is 17.0 Å². The van der Waals surface area contributed by atoms with Gasteiger partial charge in [-0.3, -0.25) is 9.80 Å². The lowest BCUT2D eigenvalue weighted by Gasteiger charge is -2.35. The maximum absolute atomic E-state index is 10.2. The molecule has 1 aromatic carbocycles. The third kappa shape index (κ3) is 5.56. The molecule has 1 aliphatic heterocycles. The van der Waals surface area contributed by atoms with Crippen LogP contribution < -0.4 is 4.74 Å². The Morgan fingerprint density at radius 2 is 1.92 bits per heavy atom. The number of aliphatic hydroxyl groups excluding tert-OH is 1. The molecule has 136 valence electrons. The topological polar surface area (TPSA) is 62.0 Å². The lowest BCUT2D eigenvalue weighted by atomic mass is 10.2. The zero-order valence-corrected chi connectivity index (χ0v) is 15.0. The van der Waals surface area contributed by atoms with Crippen LogP contribution in [0.5, 0.6) is 5.75 Å². The Kier molecular flexibility index (Phi) is 6.07. The average Bonchev–Trinajstić information content (AvgIpc) is 3.00. The minimum atomic E-state index is -0.482. The molecule has 6 heteroatoms. The van der Waals surface area contributed by atoms with Crippen molar-refractivity contribution < 1.29 is 14.4 Å². The molecule has 0 aliphatic carbocycles. The second kappa shape index (κ2) is 8.47. The van der Waals surface area contributed by atoms with Crippen molar-refractivity contribution in [3.8, 4) is 5.75 Å². The number of piperazine rings is 1. The van der Waals surface area contributed by atoms with Crippen molar-refractivity contribution in [3.63, 3.8) is 0 Å². The van der Waals surface area contributed by atoms with E-state index in [4.69, 9.17) is 9.26 Å². The Morgan fingerprint density at radius 1 is 1.16 bits per heavy atom. The molecular formula is C19H27N3O3. The average molecular weight is 345 g/mol. The number of hydrogen-bond acceptors (Lipinski definition) is 6. The first kappa shape index (κ1) is 17.9. The summed E-state index contributed by atoms with van der Waals surface area (Å²) in [5.41, 5.74) is 2.08. The monoisotopic (exact) mass is 345 g/mol. The zero-order valence-electron chi connectivity index (χ0n) is 15.0. The molecule has 1 atom stereocenters. The number of ether oxygens (including phenoxy) is 1. The summed E-state index contributed by atoms with van der Waals surface area (Å²) in [7, 11) is 0. The van der Waals surface area contributed by atoms with Crippen LogP contribution in [0.2, 0.25) is 0 Å². The Hall–Kier alpha value is -1.89. The molecule has 0 saturated carbocycles. The van der Waals surface area contributed by atoms with Gasteiger partial charge in [0.2, 0.25) is 0 Å². The number of rotatable bonds is 7. The molecule has 3 rings (SSSR count). The van der Waals surface area contributed by atoms with E-state index in [0.717, 1.165) is 55.5 Å². The second-order valence-corrected chi connectivity index (χ2v) is 6.79. The highest BCUT2D eigenvalue weighted by atomic mass is 16.5. The fourth-order valence-corrected chi connectivity index (χ4v) is 3.09. The molecule has 1 unspecified atom stereocenters. The van der Waals surface area contributed by atoms with Crippen LogP contribution in [0.25, 0.3) is 0 Å². The van der Waals surface area contributed by atoms with E-state index in [0.29, 0.717) is 13.2 Å². The summed E-state index contributed by atoms with van der Waals surface area (Å²) >= 11 is 0. The first-order chi connectivity index (χ1) is 12.1. The maximum atomic E-state index is 10.2. The SMILES string of the molecule is Cc1cccc(OCC(O)CN2CCN(Cc3cc(C)no3)CC2)c1. The fourth-order valence-electron chi connectivity index (χ4n) is 3.09. The van der Waals surface area contributed by atoms with E-state index >= 15 is 0 Å². The molecule has 0 bridgehead atoms. The molecule has 0 radical (unpaired) electrons. The summed E-state index contributed by atoms with van der Waals surface area (Å²) < 4.78 is 11.0. The number of hydrogen-bond donors (Lipinski definition) is 1. The van der Waals surface area contributed by atoms with Gasteiger partial charge in [-0.2, -0.15) is 0 Å². The molecule has 6 nitrogen and oxygen atoms in total. The third-order valence-corrected chi connectivity index (χ3v) is 4.42. The lowest BCUT2D eigenvalue weighted by molar-refractivity contribution is 0.0430. The Balaban J connectivity index is 1.36. The van der Waals surface area contributed by atoms with Crippen LogP contribution in [0.15, 0.2) is 34.9 Å². The third-order valence-electron chi connectivity index (χ3n) is 4.42. The summed E-state index contributed by atoms with van der Waals surface area (Å²) in [4.78, 5) is 4.64. The minimum Gasteiger partial charge on any atom is -0.491 e. The van der Waals surface area contributed by atoms with Gasteiger partial charge in [0, 0.05) is 38.8 Å². The highest BCUT2D eigenvalue weighted by Crippen LogP contribution is 2.13. The van der Waals surface area contributed by atoms with Gasteiger partial charge in [-0.15, -0.1) is 0 Å². The summed E-state index contributed by atoms with van der Waals surface area (Å²) in [6.45, 7) is 9.53. The number of benzene rings is 1. The summed E-state index contributed by atoms with van der Waals surface area (Å²) in [5.74, 6) is 1.73. The van der Waals surface area contributed by atoms with Gasteiger partial charge in [-0.1, -0.05) is 17.3 Å². The predicted molar refractivity (Wildman–Crippen MR) is 95.6 cm³/mol. The van der Waals surface area contributed by atoms with Gasteiger partial charge >= 0.3 is 0 Å². The normalized spacial score (nSPS) is 17.6. The maximum Gasteiger partial charge on any atom is 0.150 e. The molecule has 2 aromatic rings. The first-order valence-electron chi connectivity index (χ1n) is 8.83. The van der Waals surface area contributed by atoms with Gasteiger partial charge < -0.3 is 14.4 Å². The number of β-amino-alcohol motifs (C(OH)–C–C–N with tert-alkyl or cyclic N) is 1. The van der Waals surface area contributed by atoms with Crippen molar-refractivity contribution >= 4 is 0 Å². The molecule has 2 heterocycles. The van der Waals surface area contributed by atoms with Crippen molar-refractivity contribution in [3.05, 3.63) is 47.3 Å². The fraction of sp³-hybridized carbons (Fsp3) is 0.526. The van der Waals surface area contributed by atoms with Crippen molar-refractivity contribution in [2.24, 2.45) is 0 Å². The minimum absolute atomic E-state index is 0.320. The van der Waals surface area contributed by atoms with Gasteiger partial charge in [0.05, 0.1) is 12.2 Å². The standard InChI is InChI=1S/C19H27N3O3/c1-15-4-3-5-18(10-15)24-14-17(23)12-21-6-8-22(9-7-21)13-19-11-16(2)20-25-19/h3-5,10-11,17,23H,6-9,12-14H2,1-2H3. The van der Waals surface area contributed by atoms with Crippen molar-refractivity contribution in [2.75, 3.05) is 39.3 Å². The van der Waals surface area contributed by atoms with Crippen LogP contribution in [-0.2, 0) is 6.54 Å². The van der Waals surface area contributed by atoms with Crippen LogP contribution >= 0.6 is 0 Å². The van der Waals surface area contributed by atoms with E-state index in [2.05, 4.69) is 15.0 Å². The molecule has 0 amide bonds.